The summed E-state index contributed by atoms with van der Waals surface area (Å²) >= 11 is 7.37. The third kappa shape index (κ3) is 2.96. The Hall–Kier alpha value is -1.21. The Bertz CT molecular complexity index is 789. The molecule has 0 aromatic heterocycles. The molecular formula is C21H24Br2N2O3. The second-order valence-corrected chi connectivity index (χ2v) is 10.1. The fourth-order valence-corrected chi connectivity index (χ4v) is 7.17. The minimum Gasteiger partial charge on any atom is -0.324 e. The number of alkyl halides is 2. The topological polar surface area (TPSA) is 66.5 Å². The zero-order chi connectivity index (χ0) is 20.2. The largest absolute Gasteiger partial charge is 0.324 e. The van der Waals surface area contributed by atoms with Gasteiger partial charge in [0.05, 0.1) is 11.8 Å². The summed E-state index contributed by atoms with van der Waals surface area (Å²) in [7, 11) is 0. The molecule has 2 saturated carbocycles. The van der Waals surface area contributed by atoms with Crippen LogP contribution in [0.5, 0.6) is 0 Å². The minimum absolute atomic E-state index is 0.163. The third-order valence-electron chi connectivity index (χ3n) is 6.64. The third-order valence-corrected chi connectivity index (χ3v) is 9.85. The Morgan fingerprint density at radius 2 is 1.54 bits per heavy atom. The van der Waals surface area contributed by atoms with E-state index in [0.29, 0.717) is 0 Å². The van der Waals surface area contributed by atoms with E-state index < -0.39 is 0 Å². The van der Waals surface area contributed by atoms with Gasteiger partial charge in [0.1, 0.15) is 6.54 Å². The van der Waals surface area contributed by atoms with Crippen LogP contribution < -0.4 is 5.32 Å². The van der Waals surface area contributed by atoms with Crippen LogP contribution in [0.15, 0.2) is 18.2 Å². The molecule has 5 nitrogen and oxygen atoms in total. The van der Waals surface area contributed by atoms with Gasteiger partial charge in [0.2, 0.25) is 17.7 Å². The molecule has 1 aliphatic heterocycles. The normalized spacial score (nSPS) is 33.5. The monoisotopic (exact) mass is 510 g/mol. The van der Waals surface area contributed by atoms with Crippen molar-refractivity contribution in [3.8, 4) is 0 Å². The molecule has 0 unspecified atom stereocenters. The first kappa shape index (κ1) is 20.1. The van der Waals surface area contributed by atoms with Crippen LogP contribution in [0, 0.1) is 23.7 Å². The summed E-state index contributed by atoms with van der Waals surface area (Å²) < 4.78 is 0. The molecule has 3 aliphatic rings. The van der Waals surface area contributed by atoms with Crippen LogP contribution in [0.3, 0.4) is 0 Å². The van der Waals surface area contributed by atoms with Gasteiger partial charge in [-0.3, -0.25) is 19.3 Å². The van der Waals surface area contributed by atoms with Crippen molar-refractivity contribution < 1.29 is 14.4 Å². The number of halogens is 2. The first-order valence-corrected chi connectivity index (χ1v) is 11.8. The maximum absolute atomic E-state index is 13.0. The molecule has 4 rings (SSSR count). The van der Waals surface area contributed by atoms with Gasteiger partial charge in [0.15, 0.2) is 0 Å². The summed E-state index contributed by atoms with van der Waals surface area (Å²) in [4.78, 5) is 40.3. The molecule has 3 fully saturated rings. The first-order chi connectivity index (χ1) is 13.4. The zero-order valence-corrected chi connectivity index (χ0v) is 19.1. The zero-order valence-electron chi connectivity index (χ0n) is 16.0. The number of hydrogen-bond acceptors (Lipinski definition) is 3. The maximum Gasteiger partial charge on any atom is 0.244 e. The van der Waals surface area contributed by atoms with E-state index in [4.69, 9.17) is 0 Å². The summed E-state index contributed by atoms with van der Waals surface area (Å²) in [6, 6.07) is 5.98. The Kier molecular flexibility index (Phi) is 5.42. The summed E-state index contributed by atoms with van der Waals surface area (Å²) in [6.45, 7) is 3.88. The fraction of sp³-hybridized carbons (Fsp3) is 0.571. The van der Waals surface area contributed by atoms with Crippen LogP contribution in [0.4, 0.5) is 5.69 Å². The van der Waals surface area contributed by atoms with Gasteiger partial charge in [0, 0.05) is 15.3 Å². The number of aryl methyl sites for hydroxylation is 2. The lowest BCUT2D eigenvalue weighted by Gasteiger charge is -2.28. The van der Waals surface area contributed by atoms with Gasteiger partial charge in [-0.05, 0) is 42.2 Å². The molecule has 3 amide bonds. The Morgan fingerprint density at radius 3 is 2.00 bits per heavy atom. The molecule has 0 spiro atoms. The Balaban J connectivity index is 1.51. The second kappa shape index (κ2) is 7.56. The van der Waals surface area contributed by atoms with Crippen molar-refractivity contribution in [1.82, 2.24) is 4.90 Å². The van der Waals surface area contributed by atoms with Gasteiger partial charge in [0.25, 0.3) is 0 Å². The molecule has 1 N–H and O–H groups in total. The van der Waals surface area contributed by atoms with E-state index in [0.717, 1.165) is 36.1 Å². The van der Waals surface area contributed by atoms with Gasteiger partial charge < -0.3 is 5.32 Å². The maximum atomic E-state index is 13.0. The number of carbonyl (C=O) groups is 3. The smallest absolute Gasteiger partial charge is 0.244 e. The summed E-state index contributed by atoms with van der Waals surface area (Å²) in [5.74, 6) is -0.902. The Labute approximate surface area is 181 Å². The van der Waals surface area contributed by atoms with Crippen LogP contribution in [0.25, 0.3) is 0 Å². The first-order valence-electron chi connectivity index (χ1n) is 9.92. The highest BCUT2D eigenvalue weighted by atomic mass is 79.9. The van der Waals surface area contributed by atoms with E-state index in [-0.39, 0.29) is 57.6 Å². The van der Waals surface area contributed by atoms with Crippen molar-refractivity contribution in [2.75, 3.05) is 11.9 Å². The predicted molar refractivity (Wildman–Crippen MR) is 115 cm³/mol. The number of nitrogens with zero attached hydrogens (tertiary/aromatic N) is 1. The lowest BCUT2D eigenvalue weighted by molar-refractivity contribution is -0.143. The molecule has 1 aromatic rings. The number of amides is 3. The van der Waals surface area contributed by atoms with Crippen molar-refractivity contribution in [2.24, 2.45) is 23.7 Å². The molecule has 1 aromatic carbocycles. The average molecular weight is 512 g/mol. The highest BCUT2D eigenvalue weighted by molar-refractivity contribution is 9.12. The van der Waals surface area contributed by atoms with Crippen LogP contribution in [0.2, 0.25) is 0 Å². The van der Waals surface area contributed by atoms with E-state index in [2.05, 4.69) is 37.2 Å². The van der Waals surface area contributed by atoms with Gasteiger partial charge in [-0.2, -0.15) is 0 Å². The number of hydrogen-bond donors (Lipinski definition) is 1. The van der Waals surface area contributed by atoms with E-state index in [1.54, 1.807) is 0 Å². The predicted octanol–water partition coefficient (Wildman–Crippen LogP) is 3.53. The number of para-hydroxylation sites is 1. The van der Waals surface area contributed by atoms with Gasteiger partial charge >= 0.3 is 0 Å². The molecule has 28 heavy (non-hydrogen) atoms. The number of nitrogens with one attached hydrogen (secondary N) is 1. The van der Waals surface area contributed by atoms with Crippen LogP contribution in [-0.2, 0) is 27.2 Å². The van der Waals surface area contributed by atoms with Gasteiger partial charge in [-0.1, -0.05) is 63.9 Å². The van der Waals surface area contributed by atoms with Crippen LogP contribution in [-0.4, -0.2) is 38.8 Å². The van der Waals surface area contributed by atoms with Crippen LogP contribution in [0.1, 0.15) is 31.4 Å². The van der Waals surface area contributed by atoms with E-state index in [9.17, 15) is 14.4 Å². The Morgan fingerprint density at radius 1 is 1.04 bits per heavy atom. The average Bonchev–Trinajstić information content (AvgIpc) is 3.29. The van der Waals surface area contributed by atoms with Crippen molar-refractivity contribution in [3.05, 3.63) is 29.3 Å². The quantitative estimate of drug-likeness (QED) is 0.485. The second-order valence-electron chi connectivity index (χ2n) is 7.97. The molecule has 2 aliphatic carbocycles. The molecule has 7 heteroatoms. The molecule has 150 valence electrons. The minimum atomic E-state index is -0.310. The number of likely N-dealkylation sites (tertiary alicyclic amines) is 1. The van der Waals surface area contributed by atoms with E-state index in [1.165, 1.54) is 4.90 Å². The van der Waals surface area contributed by atoms with Crippen LogP contribution >= 0.6 is 31.9 Å². The number of anilines is 1. The number of carbonyl (C=O) groups excluding carboxylic acids is 3. The van der Waals surface area contributed by atoms with Gasteiger partial charge in [-0.15, -0.1) is 0 Å². The summed E-state index contributed by atoms with van der Waals surface area (Å²) in [5, 5.41) is 2.97. The number of rotatable bonds is 5. The van der Waals surface area contributed by atoms with Crippen molar-refractivity contribution in [2.45, 2.75) is 42.8 Å². The lowest BCUT2D eigenvalue weighted by Crippen LogP contribution is -2.39. The standard InChI is InChI=1S/C21H24Br2N2O3/c1-3-10-6-5-7-11(4-2)19(10)24-14(26)9-25-20(27)15-12-8-13(16(15)21(25)28)18(23)17(12)22/h5-7,12-13,15-18H,3-4,8-9H2,1-2H3,(H,24,26)/t12-,13+,15-,16+,17-,18+. The highest BCUT2D eigenvalue weighted by Gasteiger charge is 2.66. The van der Waals surface area contributed by atoms with E-state index in [1.807, 2.05) is 32.0 Å². The number of fused-ring (bicyclic) bond motifs is 5. The summed E-state index contributed by atoms with van der Waals surface area (Å²) in [5.41, 5.74) is 2.94. The molecule has 6 atom stereocenters. The molecular weight excluding hydrogens is 488 g/mol. The van der Waals surface area contributed by atoms with E-state index >= 15 is 0 Å². The molecule has 1 heterocycles. The van der Waals surface area contributed by atoms with Crippen molar-refractivity contribution >= 4 is 55.3 Å². The lowest BCUT2D eigenvalue weighted by atomic mass is 9.81. The summed E-state index contributed by atoms with van der Waals surface area (Å²) in [6.07, 6.45) is 2.50. The molecule has 1 saturated heterocycles. The molecule has 2 bridgehead atoms. The SMILES string of the molecule is CCc1cccc(CC)c1NC(=O)CN1C(=O)[C@@H]2[C@H]3C[C@H]([C@H](Br)[C@@H]3Br)[C@@H]2C1=O. The van der Waals surface area contributed by atoms with Gasteiger partial charge in [-0.25, -0.2) is 0 Å². The van der Waals surface area contributed by atoms with Crippen molar-refractivity contribution in [1.29, 1.82) is 0 Å². The molecule has 0 radical (unpaired) electrons. The fourth-order valence-electron chi connectivity index (χ4n) is 5.29. The van der Waals surface area contributed by atoms with Crippen molar-refractivity contribution in [3.63, 3.8) is 0 Å². The number of benzene rings is 1. The number of imide groups is 1. The highest BCUT2D eigenvalue weighted by Crippen LogP contribution is 2.60.